The molecule has 1 saturated heterocycles. The van der Waals surface area contributed by atoms with Crippen molar-refractivity contribution in [1.29, 1.82) is 0 Å². The number of rotatable bonds is 5. The van der Waals surface area contributed by atoms with Gasteiger partial charge in [-0.2, -0.15) is 0 Å². The summed E-state index contributed by atoms with van der Waals surface area (Å²) in [7, 11) is -3.80. The van der Waals surface area contributed by atoms with Crippen molar-refractivity contribution in [3.63, 3.8) is 0 Å². The Hall–Kier alpha value is -1.18. The van der Waals surface area contributed by atoms with Gasteiger partial charge in [-0.15, -0.1) is 0 Å². The minimum absolute atomic E-state index is 0.0718. The third-order valence-electron chi connectivity index (χ3n) is 3.59. The molecule has 1 aromatic rings. The molecule has 0 aliphatic carbocycles. The number of nitrogen functional groups attached to an aromatic ring is 1. The fraction of sp³-hybridized carbons (Fsp3) is 0.538. The third kappa shape index (κ3) is 3.11. The molecular formula is C13H19FN2O3S. The molecule has 7 heteroatoms. The lowest BCUT2D eigenvalue weighted by Gasteiger charge is -2.17. The van der Waals surface area contributed by atoms with Gasteiger partial charge < -0.3 is 10.5 Å². The van der Waals surface area contributed by atoms with Gasteiger partial charge in [-0.25, -0.2) is 17.5 Å². The molecule has 1 aliphatic heterocycles. The number of ether oxygens (including phenoxy) is 1. The van der Waals surface area contributed by atoms with Gasteiger partial charge >= 0.3 is 0 Å². The van der Waals surface area contributed by atoms with Gasteiger partial charge in [-0.05, 0) is 25.0 Å². The highest BCUT2D eigenvalue weighted by molar-refractivity contribution is 7.89. The number of sulfonamides is 1. The molecule has 0 amide bonds. The van der Waals surface area contributed by atoms with E-state index in [-0.39, 0.29) is 29.1 Å². The van der Waals surface area contributed by atoms with E-state index in [2.05, 4.69) is 4.72 Å². The predicted octanol–water partition coefficient (Wildman–Crippen LogP) is 1.50. The molecule has 3 N–H and O–H groups in total. The molecule has 20 heavy (non-hydrogen) atoms. The van der Waals surface area contributed by atoms with Crippen molar-refractivity contribution in [1.82, 2.24) is 4.72 Å². The molecule has 1 aliphatic rings. The van der Waals surface area contributed by atoms with Crippen LogP contribution < -0.4 is 10.5 Å². The van der Waals surface area contributed by atoms with Gasteiger partial charge in [-0.1, -0.05) is 13.0 Å². The minimum Gasteiger partial charge on any atom is -0.395 e. The highest BCUT2D eigenvalue weighted by Crippen LogP contribution is 2.24. The van der Waals surface area contributed by atoms with Crippen molar-refractivity contribution in [2.75, 3.05) is 18.9 Å². The number of nitrogens with one attached hydrogen (secondary N) is 1. The second-order valence-corrected chi connectivity index (χ2v) is 6.61. The molecule has 0 saturated carbocycles. The van der Waals surface area contributed by atoms with E-state index in [1.54, 1.807) is 0 Å². The quantitative estimate of drug-likeness (QED) is 0.808. The third-order valence-corrected chi connectivity index (χ3v) is 5.07. The first-order chi connectivity index (χ1) is 9.45. The topological polar surface area (TPSA) is 81.4 Å². The molecule has 112 valence electrons. The van der Waals surface area contributed by atoms with E-state index in [0.29, 0.717) is 6.61 Å². The molecule has 0 radical (unpaired) electrons. The molecule has 5 nitrogen and oxygen atoms in total. The van der Waals surface area contributed by atoms with Gasteiger partial charge in [0.1, 0.15) is 10.7 Å². The van der Waals surface area contributed by atoms with Crippen LogP contribution in [0.25, 0.3) is 0 Å². The Morgan fingerprint density at radius 1 is 1.50 bits per heavy atom. The monoisotopic (exact) mass is 302 g/mol. The number of para-hydroxylation sites is 1. The van der Waals surface area contributed by atoms with E-state index >= 15 is 0 Å². The molecule has 2 atom stereocenters. The lowest BCUT2D eigenvalue weighted by molar-refractivity contribution is 0.0884. The van der Waals surface area contributed by atoms with Crippen LogP contribution in [0.2, 0.25) is 0 Å². The Labute approximate surface area is 118 Å². The zero-order chi connectivity index (χ0) is 14.8. The van der Waals surface area contributed by atoms with Crippen LogP contribution in [0.4, 0.5) is 10.1 Å². The van der Waals surface area contributed by atoms with E-state index in [4.69, 9.17) is 10.5 Å². The van der Waals surface area contributed by atoms with Crippen LogP contribution in [-0.2, 0) is 14.8 Å². The number of benzene rings is 1. The molecular weight excluding hydrogens is 283 g/mol. The molecule has 2 unspecified atom stereocenters. The first kappa shape index (κ1) is 15.2. The van der Waals surface area contributed by atoms with Crippen LogP contribution in [0.1, 0.15) is 19.8 Å². The van der Waals surface area contributed by atoms with Crippen LogP contribution >= 0.6 is 0 Å². The van der Waals surface area contributed by atoms with Crippen LogP contribution in [0.5, 0.6) is 0 Å². The lowest BCUT2D eigenvalue weighted by atomic mass is 10.0. The fourth-order valence-electron chi connectivity index (χ4n) is 2.42. The number of nitrogens with two attached hydrogens (primary N) is 1. The summed E-state index contributed by atoms with van der Waals surface area (Å²) < 4.78 is 45.7. The minimum atomic E-state index is -3.80. The first-order valence-corrected chi connectivity index (χ1v) is 8.09. The van der Waals surface area contributed by atoms with E-state index in [9.17, 15) is 12.8 Å². The average molecular weight is 302 g/mol. The summed E-state index contributed by atoms with van der Waals surface area (Å²) in [6.07, 6.45) is 1.73. The Bertz CT molecular complexity index is 577. The maximum atomic E-state index is 13.3. The van der Waals surface area contributed by atoms with Gasteiger partial charge in [0.25, 0.3) is 0 Å². The Kier molecular flexibility index (Phi) is 4.62. The van der Waals surface area contributed by atoms with Gasteiger partial charge in [0.2, 0.25) is 10.0 Å². The summed E-state index contributed by atoms with van der Waals surface area (Å²) in [5, 5.41) is 0. The van der Waals surface area contributed by atoms with Gasteiger partial charge in [0.15, 0.2) is 0 Å². The van der Waals surface area contributed by atoms with Crippen LogP contribution in [0.15, 0.2) is 23.1 Å². The zero-order valence-corrected chi connectivity index (χ0v) is 12.1. The van der Waals surface area contributed by atoms with E-state index < -0.39 is 15.8 Å². The van der Waals surface area contributed by atoms with Gasteiger partial charge in [-0.3, -0.25) is 0 Å². The van der Waals surface area contributed by atoms with Gasteiger partial charge in [0.05, 0.1) is 11.8 Å². The molecule has 0 spiro atoms. The predicted molar refractivity (Wildman–Crippen MR) is 74.1 cm³/mol. The molecule has 0 bridgehead atoms. The Balaban J connectivity index is 2.10. The van der Waals surface area contributed by atoms with Crippen molar-refractivity contribution in [3.05, 3.63) is 24.0 Å². The number of hydrogen-bond acceptors (Lipinski definition) is 4. The highest BCUT2D eigenvalue weighted by Gasteiger charge is 2.28. The van der Waals surface area contributed by atoms with Gasteiger partial charge in [0, 0.05) is 19.1 Å². The van der Waals surface area contributed by atoms with Crippen molar-refractivity contribution in [2.45, 2.75) is 30.8 Å². The van der Waals surface area contributed by atoms with Crippen molar-refractivity contribution in [2.24, 2.45) is 5.92 Å². The largest absolute Gasteiger partial charge is 0.395 e. The summed E-state index contributed by atoms with van der Waals surface area (Å²) in [5.41, 5.74) is 5.13. The van der Waals surface area contributed by atoms with Crippen molar-refractivity contribution >= 4 is 15.7 Å². The number of hydrogen-bond donors (Lipinski definition) is 2. The second kappa shape index (κ2) is 6.07. The standard InChI is InChI=1S/C13H19FN2O3S/c1-2-11-9(6-7-19-11)8-16-20(17,18)12-5-3-4-10(14)13(12)15/h3-5,9,11,16H,2,6-8,15H2,1H3. The van der Waals surface area contributed by atoms with Crippen molar-refractivity contribution < 1.29 is 17.5 Å². The summed E-state index contributed by atoms with van der Waals surface area (Å²) in [6, 6.07) is 3.75. The second-order valence-electron chi connectivity index (χ2n) is 4.87. The Morgan fingerprint density at radius 2 is 2.25 bits per heavy atom. The van der Waals surface area contributed by atoms with Crippen molar-refractivity contribution in [3.8, 4) is 0 Å². The summed E-state index contributed by atoms with van der Waals surface area (Å²) >= 11 is 0. The molecule has 0 aromatic heterocycles. The smallest absolute Gasteiger partial charge is 0.242 e. The molecule has 2 rings (SSSR count). The van der Waals surface area contributed by atoms with E-state index in [1.807, 2.05) is 6.92 Å². The fourth-order valence-corrected chi connectivity index (χ4v) is 3.66. The summed E-state index contributed by atoms with van der Waals surface area (Å²) in [5.74, 6) is -0.590. The normalized spacial score (nSPS) is 23.1. The zero-order valence-electron chi connectivity index (χ0n) is 11.3. The van der Waals surface area contributed by atoms with E-state index in [1.165, 1.54) is 12.1 Å². The first-order valence-electron chi connectivity index (χ1n) is 6.61. The lowest BCUT2D eigenvalue weighted by Crippen LogP contribution is -2.33. The van der Waals surface area contributed by atoms with Crippen LogP contribution in [0.3, 0.4) is 0 Å². The molecule has 1 fully saturated rings. The SMILES string of the molecule is CCC1OCCC1CNS(=O)(=O)c1cccc(F)c1N. The van der Waals surface area contributed by atoms with E-state index in [0.717, 1.165) is 18.9 Å². The summed E-state index contributed by atoms with van der Waals surface area (Å²) in [6.45, 7) is 2.92. The Morgan fingerprint density at radius 3 is 2.95 bits per heavy atom. The summed E-state index contributed by atoms with van der Waals surface area (Å²) in [4.78, 5) is -0.218. The van der Waals surface area contributed by atoms with Crippen LogP contribution in [0, 0.1) is 11.7 Å². The van der Waals surface area contributed by atoms with Crippen LogP contribution in [-0.4, -0.2) is 27.7 Å². The molecule has 1 aromatic carbocycles. The highest BCUT2D eigenvalue weighted by atomic mass is 32.2. The maximum absolute atomic E-state index is 13.3. The number of anilines is 1. The maximum Gasteiger partial charge on any atom is 0.242 e. The number of halogens is 1. The average Bonchev–Trinajstić information content (AvgIpc) is 2.87. The molecule has 1 heterocycles.